The standard InChI is InChI=1S/C7H5BrF3/c8-6-4-2-1-3-5(6)7(9,10)11/h1,3-4H,2H2. The average Bonchev–Trinajstić information content (AvgIpc) is 1.86. The first kappa shape index (κ1) is 8.84. The molecule has 0 heterocycles. The third-order valence-corrected chi connectivity index (χ3v) is 2.03. The molecular weight excluding hydrogens is 221 g/mol. The number of rotatable bonds is 0. The van der Waals surface area contributed by atoms with Crippen LogP contribution in [0.4, 0.5) is 13.2 Å². The molecule has 0 aromatic carbocycles. The zero-order valence-electron chi connectivity index (χ0n) is 5.45. The molecule has 0 unspecified atom stereocenters. The molecule has 0 spiro atoms. The number of hydrogen-bond donors (Lipinski definition) is 0. The maximum absolute atomic E-state index is 12.0. The molecule has 1 radical (unpaired) electrons. The molecule has 0 aliphatic heterocycles. The third-order valence-electron chi connectivity index (χ3n) is 1.28. The van der Waals surface area contributed by atoms with Crippen LogP contribution in [0.2, 0.25) is 0 Å². The smallest absolute Gasteiger partial charge is 0.166 e. The van der Waals surface area contributed by atoms with E-state index >= 15 is 0 Å². The summed E-state index contributed by atoms with van der Waals surface area (Å²) in [6.45, 7) is 0. The first-order valence-corrected chi connectivity index (χ1v) is 3.78. The Morgan fingerprint density at radius 3 is 2.36 bits per heavy atom. The number of alkyl halides is 3. The minimum atomic E-state index is -4.24. The first-order valence-electron chi connectivity index (χ1n) is 2.98. The molecule has 61 valence electrons. The quantitative estimate of drug-likeness (QED) is 0.594. The summed E-state index contributed by atoms with van der Waals surface area (Å²) in [6, 6.07) is 0. The lowest BCUT2D eigenvalue weighted by Gasteiger charge is -2.13. The van der Waals surface area contributed by atoms with Gasteiger partial charge in [-0.05, 0) is 6.42 Å². The normalized spacial score (nSPS) is 19.3. The highest BCUT2D eigenvalue weighted by Crippen LogP contribution is 2.35. The number of allylic oxidation sites excluding steroid dienone is 4. The summed E-state index contributed by atoms with van der Waals surface area (Å²) in [7, 11) is 0. The van der Waals surface area contributed by atoms with Crippen molar-refractivity contribution in [2.45, 2.75) is 12.6 Å². The van der Waals surface area contributed by atoms with E-state index in [9.17, 15) is 13.2 Å². The molecule has 0 aromatic rings. The summed E-state index contributed by atoms with van der Waals surface area (Å²) in [6.07, 6.45) is 0.368. The topological polar surface area (TPSA) is 0 Å². The molecule has 4 heteroatoms. The summed E-state index contributed by atoms with van der Waals surface area (Å²) in [4.78, 5) is 0. The van der Waals surface area contributed by atoms with Gasteiger partial charge in [-0.1, -0.05) is 28.1 Å². The van der Waals surface area contributed by atoms with E-state index in [4.69, 9.17) is 0 Å². The monoisotopic (exact) mass is 225 g/mol. The molecule has 1 aliphatic rings. The third kappa shape index (κ3) is 2.09. The van der Waals surface area contributed by atoms with Crippen molar-refractivity contribution in [3.8, 4) is 0 Å². The predicted octanol–water partition coefficient (Wildman–Crippen LogP) is 3.36. The van der Waals surface area contributed by atoms with Crippen LogP contribution in [0.3, 0.4) is 0 Å². The number of halogens is 4. The Kier molecular flexibility index (Phi) is 2.42. The van der Waals surface area contributed by atoms with E-state index in [1.165, 1.54) is 12.5 Å². The lowest BCUT2D eigenvalue weighted by molar-refractivity contribution is -0.0885. The molecule has 0 fully saturated rings. The second kappa shape index (κ2) is 3.01. The van der Waals surface area contributed by atoms with Crippen LogP contribution in [-0.2, 0) is 0 Å². The van der Waals surface area contributed by atoms with Gasteiger partial charge in [0.25, 0.3) is 0 Å². The molecule has 0 aromatic heterocycles. The van der Waals surface area contributed by atoms with Crippen molar-refractivity contribution in [2.75, 3.05) is 0 Å². The Hall–Kier alpha value is -0.250. The fourth-order valence-corrected chi connectivity index (χ4v) is 1.32. The van der Waals surface area contributed by atoms with Crippen LogP contribution in [-0.4, -0.2) is 6.18 Å². The lowest BCUT2D eigenvalue weighted by Crippen LogP contribution is -2.12. The summed E-state index contributed by atoms with van der Waals surface area (Å²) >= 11 is 2.84. The van der Waals surface area contributed by atoms with E-state index in [2.05, 4.69) is 15.9 Å². The molecular formula is C7H5BrF3. The first-order chi connectivity index (χ1) is 5.02. The summed E-state index contributed by atoms with van der Waals surface area (Å²) in [5.41, 5.74) is -0.608. The van der Waals surface area contributed by atoms with Crippen LogP contribution >= 0.6 is 15.9 Å². The van der Waals surface area contributed by atoms with Gasteiger partial charge in [-0.2, -0.15) is 13.2 Å². The van der Waals surface area contributed by atoms with E-state index in [0.717, 1.165) is 6.08 Å². The van der Waals surface area contributed by atoms with Gasteiger partial charge in [0.1, 0.15) is 0 Å². The second-order valence-electron chi connectivity index (χ2n) is 2.10. The maximum Gasteiger partial charge on any atom is 0.417 e. The Morgan fingerprint density at radius 1 is 1.36 bits per heavy atom. The van der Waals surface area contributed by atoms with Gasteiger partial charge in [-0.3, -0.25) is 0 Å². The maximum atomic E-state index is 12.0. The summed E-state index contributed by atoms with van der Waals surface area (Å²) in [5, 5.41) is 0. The van der Waals surface area contributed by atoms with E-state index in [1.807, 2.05) is 0 Å². The van der Waals surface area contributed by atoms with E-state index in [1.54, 1.807) is 0 Å². The van der Waals surface area contributed by atoms with Crippen LogP contribution in [0.25, 0.3) is 0 Å². The van der Waals surface area contributed by atoms with Gasteiger partial charge >= 0.3 is 6.18 Å². The summed E-state index contributed by atoms with van der Waals surface area (Å²) in [5.74, 6) is 0. The highest BCUT2D eigenvalue weighted by Gasteiger charge is 2.34. The van der Waals surface area contributed by atoms with E-state index in [-0.39, 0.29) is 4.48 Å². The number of hydrogen-bond acceptors (Lipinski definition) is 0. The van der Waals surface area contributed by atoms with Gasteiger partial charge < -0.3 is 0 Å². The SMILES string of the molecule is FC(F)(F)C1=C(Br)[CH]CC=C1. The van der Waals surface area contributed by atoms with Crippen molar-refractivity contribution < 1.29 is 13.2 Å². The van der Waals surface area contributed by atoms with Gasteiger partial charge in [0, 0.05) is 10.9 Å². The van der Waals surface area contributed by atoms with Crippen molar-refractivity contribution in [1.82, 2.24) is 0 Å². The highest BCUT2D eigenvalue weighted by molar-refractivity contribution is 9.11. The Bertz CT molecular complexity index is 212. The molecule has 0 bridgehead atoms. The van der Waals surface area contributed by atoms with Gasteiger partial charge in [0.2, 0.25) is 0 Å². The molecule has 0 saturated heterocycles. The zero-order chi connectivity index (χ0) is 8.48. The zero-order valence-corrected chi connectivity index (χ0v) is 7.04. The van der Waals surface area contributed by atoms with Crippen LogP contribution in [0.1, 0.15) is 6.42 Å². The van der Waals surface area contributed by atoms with Gasteiger partial charge in [-0.15, -0.1) is 0 Å². The molecule has 0 atom stereocenters. The Balaban J connectivity index is 2.93. The van der Waals surface area contributed by atoms with Crippen LogP contribution in [0, 0.1) is 6.42 Å². The van der Waals surface area contributed by atoms with Crippen LogP contribution < -0.4 is 0 Å². The highest BCUT2D eigenvalue weighted by atomic mass is 79.9. The van der Waals surface area contributed by atoms with Gasteiger partial charge in [0.05, 0.1) is 5.57 Å². The molecule has 1 aliphatic carbocycles. The van der Waals surface area contributed by atoms with E-state index < -0.39 is 11.7 Å². The van der Waals surface area contributed by atoms with Crippen molar-refractivity contribution in [3.63, 3.8) is 0 Å². The van der Waals surface area contributed by atoms with Crippen molar-refractivity contribution in [2.24, 2.45) is 0 Å². The predicted molar refractivity (Wildman–Crippen MR) is 40.1 cm³/mol. The van der Waals surface area contributed by atoms with Gasteiger partial charge in [0.15, 0.2) is 0 Å². The molecule has 0 nitrogen and oxygen atoms in total. The van der Waals surface area contributed by atoms with Crippen LogP contribution in [0.15, 0.2) is 22.2 Å². The van der Waals surface area contributed by atoms with Crippen molar-refractivity contribution >= 4 is 15.9 Å². The average molecular weight is 226 g/mol. The largest absolute Gasteiger partial charge is 0.417 e. The lowest BCUT2D eigenvalue weighted by atomic mass is 10.1. The van der Waals surface area contributed by atoms with E-state index in [0.29, 0.717) is 6.42 Å². The molecule has 0 saturated carbocycles. The molecule has 0 N–H and O–H groups in total. The molecule has 0 amide bonds. The Morgan fingerprint density at radius 2 is 2.00 bits per heavy atom. The minimum absolute atomic E-state index is 0.132. The van der Waals surface area contributed by atoms with Crippen molar-refractivity contribution in [1.29, 1.82) is 0 Å². The van der Waals surface area contributed by atoms with Gasteiger partial charge in [-0.25, -0.2) is 0 Å². The van der Waals surface area contributed by atoms with Crippen molar-refractivity contribution in [3.05, 3.63) is 28.6 Å². The summed E-state index contributed by atoms with van der Waals surface area (Å²) < 4.78 is 36.2. The fraction of sp³-hybridized carbons (Fsp3) is 0.286. The Labute approximate surface area is 70.9 Å². The molecule has 1 rings (SSSR count). The molecule has 11 heavy (non-hydrogen) atoms. The fourth-order valence-electron chi connectivity index (χ4n) is 0.777. The second-order valence-corrected chi connectivity index (χ2v) is 2.96. The minimum Gasteiger partial charge on any atom is -0.166 e. The van der Waals surface area contributed by atoms with Crippen LogP contribution in [0.5, 0.6) is 0 Å².